The maximum Gasteiger partial charge on any atom is 0.316 e. The number of carbonyl (C=O) groups excluding carboxylic acids is 2. The highest BCUT2D eigenvalue weighted by atomic mass is 32.2. The highest BCUT2D eigenvalue weighted by molar-refractivity contribution is 8.01. The summed E-state index contributed by atoms with van der Waals surface area (Å²) in [6, 6.07) is 0. The molecule has 1 heterocycles. The number of thioether (sulfide) groups is 1. The Hall–Kier alpha value is -1.15. The van der Waals surface area contributed by atoms with E-state index in [0.29, 0.717) is 27.2 Å². The first kappa shape index (κ1) is 16.3. The number of Topliss-reactive ketones (excluding diaryl/α,β-unsaturated/α-hetero) is 1. The average molecular weight is 367 g/mol. The molecule has 0 aliphatic heterocycles. The summed E-state index contributed by atoms with van der Waals surface area (Å²) < 4.78 is 5.87. The predicted octanol–water partition coefficient (Wildman–Crippen LogP) is 2.54. The van der Waals surface area contributed by atoms with Gasteiger partial charge >= 0.3 is 5.97 Å². The van der Waals surface area contributed by atoms with Gasteiger partial charge in [-0.2, -0.15) is 0 Å². The van der Waals surface area contributed by atoms with Gasteiger partial charge in [0.25, 0.3) is 0 Å². The maximum absolute atomic E-state index is 12.8. The van der Waals surface area contributed by atoms with Crippen molar-refractivity contribution >= 4 is 40.0 Å². The van der Waals surface area contributed by atoms with Gasteiger partial charge < -0.3 is 10.5 Å². The first-order chi connectivity index (χ1) is 11.5. The Kier molecular flexibility index (Phi) is 4.28. The topological polar surface area (TPSA) is 95.2 Å². The van der Waals surface area contributed by atoms with Crippen LogP contribution in [0.2, 0.25) is 0 Å². The van der Waals surface area contributed by atoms with Gasteiger partial charge in [0, 0.05) is 5.41 Å². The van der Waals surface area contributed by atoms with Crippen LogP contribution in [0.3, 0.4) is 0 Å². The van der Waals surface area contributed by atoms with Crippen LogP contribution in [0.4, 0.5) is 5.13 Å². The van der Waals surface area contributed by atoms with E-state index >= 15 is 0 Å². The molecule has 5 rings (SSSR count). The molecule has 0 unspecified atom stereocenters. The molecule has 0 spiro atoms. The molecule has 4 fully saturated rings. The number of nitrogens with zero attached hydrogens (tertiary/aromatic N) is 2. The second-order valence-electron chi connectivity index (χ2n) is 7.48. The Morgan fingerprint density at radius 3 is 2.33 bits per heavy atom. The van der Waals surface area contributed by atoms with Gasteiger partial charge in [-0.3, -0.25) is 9.59 Å². The monoisotopic (exact) mass is 367 g/mol. The number of rotatable bonds is 6. The molecule has 4 bridgehead atoms. The summed E-state index contributed by atoms with van der Waals surface area (Å²) in [7, 11) is 0. The van der Waals surface area contributed by atoms with Gasteiger partial charge in [0.15, 0.2) is 16.7 Å². The van der Waals surface area contributed by atoms with Crippen LogP contribution in [0.5, 0.6) is 0 Å². The standard InChI is InChI=1S/C16H21N3O3S2/c17-14-18-19-15(24-14)23-8-13(21)22-7-12(20)16-4-9-1-10(5-16)3-11(2-9)6-16/h9-11H,1-8H2,(H2,17,18). The number of anilines is 1. The normalized spacial score (nSPS) is 33.6. The summed E-state index contributed by atoms with van der Waals surface area (Å²) in [6.07, 6.45) is 6.92. The Labute approximate surface area is 148 Å². The molecule has 0 amide bonds. The number of nitrogen functional groups attached to an aromatic ring is 1. The van der Waals surface area contributed by atoms with E-state index in [4.69, 9.17) is 10.5 Å². The minimum atomic E-state index is -0.383. The van der Waals surface area contributed by atoms with Crippen LogP contribution >= 0.6 is 23.1 Å². The third-order valence-corrected chi connectivity index (χ3v) is 7.59. The van der Waals surface area contributed by atoms with E-state index in [2.05, 4.69) is 10.2 Å². The number of carbonyl (C=O) groups is 2. The van der Waals surface area contributed by atoms with Gasteiger partial charge in [0.05, 0.1) is 5.75 Å². The molecular weight excluding hydrogens is 346 g/mol. The molecule has 0 aromatic carbocycles. The molecule has 24 heavy (non-hydrogen) atoms. The quantitative estimate of drug-likeness (QED) is 0.610. The van der Waals surface area contributed by atoms with Crippen LogP contribution in [-0.2, 0) is 14.3 Å². The molecule has 2 N–H and O–H groups in total. The molecule has 130 valence electrons. The van der Waals surface area contributed by atoms with Crippen molar-refractivity contribution in [1.29, 1.82) is 0 Å². The number of nitrogens with two attached hydrogens (primary N) is 1. The molecule has 6 nitrogen and oxygen atoms in total. The zero-order chi connectivity index (χ0) is 16.7. The largest absolute Gasteiger partial charge is 0.457 e. The van der Waals surface area contributed by atoms with E-state index in [1.807, 2.05) is 0 Å². The van der Waals surface area contributed by atoms with Crippen LogP contribution < -0.4 is 5.73 Å². The number of aromatic nitrogens is 2. The van der Waals surface area contributed by atoms with Crippen LogP contribution in [-0.4, -0.2) is 34.3 Å². The molecule has 4 saturated carbocycles. The third-order valence-electron chi connectivity index (χ3n) is 5.73. The van der Waals surface area contributed by atoms with E-state index in [1.54, 1.807) is 0 Å². The number of hydrogen-bond acceptors (Lipinski definition) is 8. The minimum Gasteiger partial charge on any atom is -0.457 e. The van der Waals surface area contributed by atoms with Crippen molar-refractivity contribution in [2.75, 3.05) is 18.1 Å². The predicted molar refractivity (Wildman–Crippen MR) is 91.6 cm³/mol. The van der Waals surface area contributed by atoms with Gasteiger partial charge in [0.1, 0.15) is 0 Å². The lowest BCUT2D eigenvalue weighted by Gasteiger charge is -2.55. The first-order valence-electron chi connectivity index (χ1n) is 8.43. The third kappa shape index (κ3) is 3.18. The Morgan fingerprint density at radius 2 is 1.79 bits per heavy atom. The lowest BCUT2D eigenvalue weighted by Crippen LogP contribution is -2.51. The molecule has 0 radical (unpaired) electrons. The molecule has 4 aliphatic rings. The first-order valence-corrected chi connectivity index (χ1v) is 10.2. The van der Waals surface area contributed by atoms with Crippen molar-refractivity contribution in [2.45, 2.75) is 42.9 Å². The van der Waals surface area contributed by atoms with Crippen molar-refractivity contribution in [1.82, 2.24) is 10.2 Å². The van der Waals surface area contributed by atoms with E-state index in [1.165, 1.54) is 42.4 Å². The van der Waals surface area contributed by atoms with Gasteiger partial charge in [-0.05, 0) is 56.3 Å². The summed E-state index contributed by atoms with van der Waals surface area (Å²) in [5.41, 5.74) is 5.30. The van der Waals surface area contributed by atoms with E-state index in [-0.39, 0.29) is 29.5 Å². The Balaban J connectivity index is 1.28. The highest BCUT2D eigenvalue weighted by Gasteiger charge is 2.54. The van der Waals surface area contributed by atoms with Crippen molar-refractivity contribution < 1.29 is 14.3 Å². The van der Waals surface area contributed by atoms with Crippen molar-refractivity contribution in [2.24, 2.45) is 23.2 Å². The maximum atomic E-state index is 12.8. The molecule has 1 aromatic heterocycles. The van der Waals surface area contributed by atoms with Gasteiger partial charge in [-0.1, -0.05) is 23.1 Å². The second kappa shape index (κ2) is 6.29. The van der Waals surface area contributed by atoms with E-state index in [9.17, 15) is 9.59 Å². The van der Waals surface area contributed by atoms with Crippen molar-refractivity contribution in [3.8, 4) is 0 Å². The average Bonchev–Trinajstić information content (AvgIpc) is 2.95. The number of esters is 1. The SMILES string of the molecule is Nc1nnc(SCC(=O)OCC(=O)C23CC4CC(CC(C4)C2)C3)s1. The van der Waals surface area contributed by atoms with Gasteiger partial charge in [-0.25, -0.2) is 0 Å². The van der Waals surface area contributed by atoms with Crippen LogP contribution in [0.1, 0.15) is 38.5 Å². The zero-order valence-corrected chi connectivity index (χ0v) is 15.0. The fourth-order valence-corrected chi connectivity index (χ4v) is 6.63. The molecule has 4 aliphatic carbocycles. The lowest BCUT2D eigenvalue weighted by molar-refractivity contribution is -0.156. The summed E-state index contributed by atoms with van der Waals surface area (Å²) in [4.78, 5) is 24.6. The number of ketones is 1. The van der Waals surface area contributed by atoms with Crippen LogP contribution in [0.25, 0.3) is 0 Å². The number of ether oxygens (including phenoxy) is 1. The molecule has 0 saturated heterocycles. The van der Waals surface area contributed by atoms with Crippen LogP contribution in [0, 0.1) is 23.2 Å². The molecule has 8 heteroatoms. The number of hydrogen-bond donors (Lipinski definition) is 1. The van der Waals surface area contributed by atoms with Crippen molar-refractivity contribution in [3.05, 3.63) is 0 Å². The van der Waals surface area contributed by atoms with Gasteiger partial charge in [0.2, 0.25) is 5.13 Å². The Morgan fingerprint density at radius 1 is 1.17 bits per heavy atom. The van der Waals surface area contributed by atoms with Gasteiger partial charge in [-0.15, -0.1) is 10.2 Å². The van der Waals surface area contributed by atoms with Crippen LogP contribution in [0.15, 0.2) is 4.34 Å². The smallest absolute Gasteiger partial charge is 0.316 e. The molecule has 0 atom stereocenters. The minimum absolute atomic E-state index is 0.0796. The fraction of sp³-hybridized carbons (Fsp3) is 0.750. The Bertz CT molecular complexity index is 625. The van der Waals surface area contributed by atoms with E-state index < -0.39 is 0 Å². The van der Waals surface area contributed by atoms with E-state index in [0.717, 1.165) is 19.3 Å². The lowest BCUT2D eigenvalue weighted by atomic mass is 9.48. The fourth-order valence-electron chi connectivity index (χ4n) is 5.19. The summed E-state index contributed by atoms with van der Waals surface area (Å²) in [6.45, 7) is -0.0796. The zero-order valence-electron chi connectivity index (χ0n) is 13.4. The molecule has 1 aromatic rings. The summed E-state index contributed by atoms with van der Waals surface area (Å²) >= 11 is 2.48. The highest BCUT2D eigenvalue weighted by Crippen LogP contribution is 2.60. The second-order valence-corrected chi connectivity index (χ2v) is 9.71. The summed E-state index contributed by atoms with van der Waals surface area (Å²) in [5, 5.41) is 7.91. The van der Waals surface area contributed by atoms with Crippen molar-refractivity contribution in [3.63, 3.8) is 0 Å². The molecular formula is C16H21N3O3S2. The summed E-state index contributed by atoms with van der Waals surface area (Å²) in [5.74, 6) is 2.04.